The fourth-order valence-corrected chi connectivity index (χ4v) is 5.33. The number of fused-ring (bicyclic) bond motifs is 4. The zero-order valence-electron chi connectivity index (χ0n) is 22.4. The second-order valence-electron chi connectivity index (χ2n) is 10.6. The van der Waals surface area contributed by atoms with Crippen molar-refractivity contribution in [2.75, 3.05) is 17.6 Å². The smallest absolute Gasteiger partial charge is 0.326 e. The van der Waals surface area contributed by atoms with Crippen LogP contribution in [0, 0.1) is 0 Å². The summed E-state index contributed by atoms with van der Waals surface area (Å²) in [6.07, 6.45) is 6.11. The fourth-order valence-electron chi connectivity index (χ4n) is 4.90. The Hall–Kier alpha value is -3.23. The van der Waals surface area contributed by atoms with Gasteiger partial charge in [-0.3, -0.25) is 9.10 Å². The Labute approximate surface area is 226 Å². The number of esters is 1. The lowest BCUT2D eigenvalue weighted by Gasteiger charge is -2.25. The summed E-state index contributed by atoms with van der Waals surface area (Å²) in [5.41, 5.74) is 10.1. The number of nitrogens with zero attached hydrogens (tertiary/aromatic N) is 2. The maximum atomic E-state index is 13.0. The van der Waals surface area contributed by atoms with E-state index in [1.54, 1.807) is 13.0 Å². The van der Waals surface area contributed by atoms with Crippen LogP contribution >= 0.6 is 0 Å². The molecule has 0 fully saturated rings. The zero-order chi connectivity index (χ0) is 27.3. The third-order valence-electron chi connectivity index (χ3n) is 7.12. The molecule has 0 radical (unpaired) electrons. The van der Waals surface area contributed by atoms with Crippen LogP contribution in [0.15, 0.2) is 66.7 Å². The predicted octanol–water partition coefficient (Wildman–Crippen LogP) is 4.53. The Morgan fingerprint density at radius 1 is 1.03 bits per heavy atom. The van der Waals surface area contributed by atoms with Crippen molar-refractivity contribution in [2.45, 2.75) is 63.5 Å². The summed E-state index contributed by atoms with van der Waals surface area (Å²) in [6.45, 7) is 1.66. The van der Waals surface area contributed by atoms with E-state index in [9.17, 15) is 13.2 Å². The molecular formula is C30H37N3O4S. The minimum Gasteiger partial charge on any atom is -0.459 e. The van der Waals surface area contributed by atoms with Gasteiger partial charge < -0.3 is 10.5 Å². The Kier molecular flexibility index (Phi) is 8.53. The second kappa shape index (κ2) is 11.7. The van der Waals surface area contributed by atoms with Crippen LogP contribution < -0.4 is 10.0 Å². The van der Waals surface area contributed by atoms with Gasteiger partial charge in [0.1, 0.15) is 18.0 Å². The second-order valence-corrected chi connectivity index (χ2v) is 12.6. The number of benzene rings is 2. The highest BCUT2D eigenvalue weighted by molar-refractivity contribution is 7.92. The Morgan fingerprint density at radius 3 is 2.50 bits per heavy atom. The van der Waals surface area contributed by atoms with Gasteiger partial charge in [0.2, 0.25) is 10.0 Å². The average Bonchev–Trinajstić information content (AvgIpc) is 2.88. The van der Waals surface area contributed by atoms with E-state index < -0.39 is 21.5 Å². The van der Waals surface area contributed by atoms with Gasteiger partial charge in [-0.05, 0) is 67.0 Å². The first-order valence-electron chi connectivity index (χ1n) is 13.0. The number of hydrogen-bond donors (Lipinski definition) is 1. The summed E-state index contributed by atoms with van der Waals surface area (Å²) < 4.78 is 31.6. The van der Waals surface area contributed by atoms with Gasteiger partial charge in [-0.15, -0.1) is 0 Å². The third kappa shape index (κ3) is 7.20. The maximum absolute atomic E-state index is 13.0. The molecule has 0 saturated carbocycles. The number of carbonyl (C=O) groups is 1. The van der Waals surface area contributed by atoms with Crippen LogP contribution in [0.4, 0.5) is 5.82 Å². The molecule has 4 rings (SSSR count). The number of nitrogens with two attached hydrogens (primary N) is 1. The lowest BCUT2D eigenvalue weighted by Crippen LogP contribution is -2.48. The summed E-state index contributed by atoms with van der Waals surface area (Å²) in [5, 5.41) is 0. The number of hydrogen-bond acceptors (Lipinski definition) is 6. The highest BCUT2D eigenvalue weighted by atomic mass is 32.2. The van der Waals surface area contributed by atoms with Crippen molar-refractivity contribution in [1.29, 1.82) is 0 Å². The van der Waals surface area contributed by atoms with Crippen LogP contribution in [0.5, 0.6) is 0 Å². The molecule has 2 atom stereocenters. The molecular weight excluding hydrogens is 498 g/mol. The van der Waals surface area contributed by atoms with Crippen LogP contribution in [0.2, 0.25) is 0 Å². The Bertz CT molecular complexity index is 1370. The van der Waals surface area contributed by atoms with E-state index in [4.69, 9.17) is 15.5 Å². The number of aryl methyl sites for hydroxylation is 1. The molecule has 38 heavy (non-hydrogen) atoms. The number of aromatic nitrogens is 1. The van der Waals surface area contributed by atoms with Gasteiger partial charge in [-0.1, -0.05) is 61.0 Å². The number of sulfonamides is 1. The zero-order valence-corrected chi connectivity index (χ0v) is 23.2. The molecule has 1 aliphatic heterocycles. The van der Waals surface area contributed by atoms with Gasteiger partial charge >= 0.3 is 5.97 Å². The number of carbonyl (C=O) groups excluding carboxylic acids is 1. The van der Waals surface area contributed by atoms with Gasteiger partial charge in [0.25, 0.3) is 0 Å². The minimum absolute atomic E-state index is 0.0240. The lowest BCUT2D eigenvalue weighted by molar-refractivity contribution is -0.150. The lowest BCUT2D eigenvalue weighted by atomic mass is 9.89. The predicted molar refractivity (Wildman–Crippen MR) is 150 cm³/mol. The normalized spacial score (nSPS) is 20.9. The van der Waals surface area contributed by atoms with E-state index in [0.717, 1.165) is 49.6 Å². The van der Waals surface area contributed by atoms with Crippen LogP contribution in [0.1, 0.15) is 60.1 Å². The van der Waals surface area contributed by atoms with Crippen molar-refractivity contribution < 1.29 is 17.9 Å². The topological polar surface area (TPSA) is 103 Å². The summed E-state index contributed by atoms with van der Waals surface area (Å²) in [5.74, 6) is -0.133. The first kappa shape index (κ1) is 27.8. The highest BCUT2D eigenvalue weighted by Crippen LogP contribution is 2.30. The van der Waals surface area contributed by atoms with Gasteiger partial charge in [-0.2, -0.15) is 0 Å². The molecule has 8 heteroatoms. The fraction of sp³-hybridized carbons (Fsp3) is 0.400. The summed E-state index contributed by atoms with van der Waals surface area (Å²) in [6, 6.07) is 22.1. The summed E-state index contributed by atoms with van der Waals surface area (Å²) in [7, 11) is -2.05. The standard InChI is InChI=1S/C30H37N3O4S/c1-30(31)20-24-14-9-13-22(16-24)12-7-8-15-26(17-23-10-5-4-6-11-23)27-18-25(21-37-29(30)34)19-28(32-27)33(2)38(3,35)36/h4-6,9-11,13-14,16,18-19,26H,7-8,12,15,17,20-21,31H2,1-3H3. The van der Waals surface area contributed by atoms with E-state index in [1.807, 2.05) is 36.4 Å². The van der Waals surface area contributed by atoms with Crippen molar-refractivity contribution in [3.05, 3.63) is 94.7 Å². The van der Waals surface area contributed by atoms with E-state index in [1.165, 1.54) is 22.5 Å². The first-order valence-corrected chi connectivity index (χ1v) is 14.9. The molecule has 0 spiro atoms. The molecule has 0 saturated heterocycles. The molecule has 2 unspecified atom stereocenters. The molecule has 1 aliphatic rings. The third-order valence-corrected chi connectivity index (χ3v) is 8.30. The van der Waals surface area contributed by atoms with Crippen molar-refractivity contribution >= 4 is 21.8 Å². The van der Waals surface area contributed by atoms with Gasteiger partial charge in [0.15, 0.2) is 0 Å². The highest BCUT2D eigenvalue weighted by Gasteiger charge is 2.31. The minimum atomic E-state index is -3.53. The molecule has 0 amide bonds. The van der Waals surface area contributed by atoms with E-state index in [-0.39, 0.29) is 12.5 Å². The van der Waals surface area contributed by atoms with Crippen LogP contribution in [-0.2, 0) is 45.4 Å². The number of anilines is 1. The summed E-state index contributed by atoms with van der Waals surface area (Å²) in [4.78, 5) is 17.8. The van der Waals surface area contributed by atoms with Crippen LogP contribution in [0.25, 0.3) is 0 Å². The average molecular weight is 536 g/mol. The molecule has 7 nitrogen and oxygen atoms in total. The van der Waals surface area contributed by atoms with Gasteiger partial charge in [0.05, 0.1) is 6.26 Å². The number of rotatable bonds is 4. The van der Waals surface area contributed by atoms with Gasteiger partial charge in [-0.25, -0.2) is 13.4 Å². The van der Waals surface area contributed by atoms with E-state index >= 15 is 0 Å². The molecule has 202 valence electrons. The Morgan fingerprint density at radius 2 is 1.76 bits per heavy atom. The first-order chi connectivity index (χ1) is 18.0. The van der Waals surface area contributed by atoms with E-state index in [2.05, 4.69) is 24.3 Å². The van der Waals surface area contributed by atoms with Crippen molar-refractivity contribution in [1.82, 2.24) is 4.98 Å². The molecule has 2 heterocycles. The quantitative estimate of drug-likeness (QED) is 0.493. The number of ether oxygens (including phenoxy) is 1. The van der Waals surface area contributed by atoms with E-state index in [0.29, 0.717) is 17.8 Å². The maximum Gasteiger partial charge on any atom is 0.326 e. The monoisotopic (exact) mass is 535 g/mol. The summed E-state index contributed by atoms with van der Waals surface area (Å²) >= 11 is 0. The van der Waals surface area contributed by atoms with Crippen molar-refractivity contribution in [3.8, 4) is 0 Å². The molecule has 1 aromatic heterocycles. The largest absolute Gasteiger partial charge is 0.459 e. The van der Waals surface area contributed by atoms with Gasteiger partial charge in [0, 0.05) is 25.1 Å². The molecule has 2 aromatic carbocycles. The number of pyridine rings is 1. The molecule has 3 aromatic rings. The number of cyclic esters (lactones) is 1. The van der Waals surface area contributed by atoms with Crippen LogP contribution in [-0.4, -0.2) is 38.2 Å². The molecule has 2 N–H and O–H groups in total. The van der Waals surface area contributed by atoms with Crippen molar-refractivity contribution in [3.63, 3.8) is 0 Å². The SMILES string of the molecule is CN(c1cc2cc(n1)C(Cc1ccccc1)CCCCc1cccc(c1)CC(C)(N)C(=O)OC2)S(C)(=O)=O. The molecule has 0 aliphatic carbocycles. The van der Waals surface area contributed by atoms with Crippen molar-refractivity contribution in [2.24, 2.45) is 5.73 Å². The Balaban J connectivity index is 1.74. The molecule has 4 bridgehead atoms. The van der Waals surface area contributed by atoms with Crippen LogP contribution in [0.3, 0.4) is 0 Å².